The molecule has 1 fully saturated rings. The lowest BCUT2D eigenvalue weighted by atomic mass is 9.49. The predicted octanol–water partition coefficient (Wildman–Crippen LogP) is 3.03. The van der Waals surface area contributed by atoms with E-state index >= 15 is 0 Å². The summed E-state index contributed by atoms with van der Waals surface area (Å²) in [6.45, 7) is 4.49. The van der Waals surface area contributed by atoms with Crippen molar-refractivity contribution in [2.75, 3.05) is 6.61 Å². The van der Waals surface area contributed by atoms with Crippen molar-refractivity contribution >= 4 is 12.1 Å². The summed E-state index contributed by atoms with van der Waals surface area (Å²) in [5.41, 5.74) is 4.62. The second-order valence-corrected chi connectivity index (χ2v) is 6.96. The molecule has 1 saturated carbocycles. The molecule has 0 aromatic heterocycles. The van der Waals surface area contributed by atoms with Gasteiger partial charge in [0.1, 0.15) is 5.75 Å². The van der Waals surface area contributed by atoms with Crippen molar-refractivity contribution in [2.24, 2.45) is 22.4 Å². The second-order valence-electron chi connectivity index (χ2n) is 6.96. The first-order valence-electron chi connectivity index (χ1n) is 8.15. The minimum absolute atomic E-state index is 0.112. The van der Waals surface area contributed by atoms with Crippen LogP contribution in [0.4, 0.5) is 0 Å². The molecule has 0 aliphatic heterocycles. The third kappa shape index (κ3) is 3.18. The van der Waals surface area contributed by atoms with Crippen LogP contribution in [0, 0.1) is 28.6 Å². The Labute approximate surface area is 142 Å². The fourth-order valence-corrected chi connectivity index (χ4v) is 3.53. The number of hydrogen-bond donors (Lipinski definition) is 1. The van der Waals surface area contributed by atoms with Crippen LogP contribution in [0.15, 0.2) is 41.0 Å². The smallest absolute Gasteiger partial charge is 0.277 e. The Balaban J connectivity index is 1.46. The topological polar surface area (TPSA) is 74.5 Å². The zero-order valence-corrected chi connectivity index (χ0v) is 14.0. The Morgan fingerprint density at radius 2 is 2.21 bits per heavy atom. The van der Waals surface area contributed by atoms with Crippen molar-refractivity contribution in [2.45, 2.75) is 26.7 Å². The van der Waals surface area contributed by atoms with Crippen molar-refractivity contribution in [1.82, 2.24) is 5.43 Å². The van der Waals surface area contributed by atoms with Crippen LogP contribution in [0.3, 0.4) is 0 Å². The van der Waals surface area contributed by atoms with Crippen LogP contribution in [-0.4, -0.2) is 18.7 Å². The zero-order valence-electron chi connectivity index (χ0n) is 14.0. The number of nitrogens with zero attached hydrogens (tertiary/aromatic N) is 2. The van der Waals surface area contributed by atoms with Gasteiger partial charge in [-0.15, -0.1) is 0 Å². The van der Waals surface area contributed by atoms with Crippen LogP contribution >= 0.6 is 0 Å². The standard InChI is InChI=1S/C19H21N3O2/c1-19(2)15-6-5-14(17(19)9-15)11-21-22-18(23)12-24-16-7-3-13(10-20)4-8-16/h3-5,7-8,11,15,17H,6,9,12H2,1-2H3,(H,22,23)/b21-11+. The van der Waals surface area contributed by atoms with Gasteiger partial charge in [-0.2, -0.15) is 10.4 Å². The van der Waals surface area contributed by atoms with Crippen LogP contribution in [0.25, 0.3) is 0 Å². The summed E-state index contributed by atoms with van der Waals surface area (Å²) in [6.07, 6.45) is 6.32. The lowest BCUT2D eigenvalue weighted by Crippen LogP contribution is -2.48. The average Bonchev–Trinajstić information content (AvgIpc) is 2.60. The first-order chi connectivity index (χ1) is 11.5. The van der Waals surface area contributed by atoms with E-state index in [1.165, 1.54) is 12.0 Å². The van der Waals surface area contributed by atoms with Gasteiger partial charge in [0.25, 0.3) is 5.91 Å². The maximum atomic E-state index is 11.8. The zero-order chi connectivity index (χ0) is 17.2. The first kappa shape index (κ1) is 16.3. The Kier molecular flexibility index (Phi) is 4.39. The highest BCUT2D eigenvalue weighted by molar-refractivity contribution is 5.83. The molecule has 3 aliphatic rings. The summed E-state index contributed by atoms with van der Waals surface area (Å²) in [6, 6.07) is 8.65. The van der Waals surface area contributed by atoms with E-state index in [2.05, 4.69) is 30.5 Å². The van der Waals surface area contributed by atoms with Gasteiger partial charge < -0.3 is 4.74 Å². The molecule has 0 spiro atoms. The molecular formula is C19H21N3O2. The van der Waals surface area contributed by atoms with E-state index in [0.717, 1.165) is 12.3 Å². The van der Waals surface area contributed by atoms with E-state index in [4.69, 9.17) is 10.00 Å². The van der Waals surface area contributed by atoms with Gasteiger partial charge in [0.15, 0.2) is 6.61 Å². The molecule has 2 bridgehead atoms. The Hall–Kier alpha value is -2.61. The quantitative estimate of drug-likeness (QED) is 0.668. The number of nitrogens with one attached hydrogen (secondary N) is 1. The Morgan fingerprint density at radius 1 is 1.46 bits per heavy atom. The normalized spacial score (nSPS) is 23.8. The molecule has 5 heteroatoms. The third-order valence-corrected chi connectivity index (χ3v) is 5.27. The SMILES string of the molecule is CC1(C)C2CC=C(/C=N/NC(=O)COc3ccc(C#N)cc3)C1C2. The maximum Gasteiger partial charge on any atom is 0.277 e. The number of rotatable bonds is 5. The largest absolute Gasteiger partial charge is 0.484 e. The van der Waals surface area contributed by atoms with E-state index in [1.807, 2.05) is 6.07 Å². The molecule has 0 saturated heterocycles. The van der Waals surface area contributed by atoms with Gasteiger partial charge in [-0.1, -0.05) is 19.9 Å². The van der Waals surface area contributed by atoms with Crippen molar-refractivity contribution in [1.29, 1.82) is 5.26 Å². The molecule has 5 nitrogen and oxygen atoms in total. The van der Waals surface area contributed by atoms with Gasteiger partial charge in [-0.25, -0.2) is 5.43 Å². The number of benzene rings is 1. The number of fused-ring (bicyclic) bond motifs is 1. The molecule has 1 N–H and O–H groups in total. The minimum atomic E-state index is -0.308. The second kappa shape index (κ2) is 6.48. The molecule has 124 valence electrons. The number of carbonyl (C=O) groups excluding carboxylic acids is 1. The predicted molar refractivity (Wildman–Crippen MR) is 91.4 cm³/mol. The van der Waals surface area contributed by atoms with Gasteiger partial charge in [0.2, 0.25) is 0 Å². The lowest BCUT2D eigenvalue weighted by molar-refractivity contribution is -0.123. The van der Waals surface area contributed by atoms with Gasteiger partial charge in [-0.3, -0.25) is 4.79 Å². The van der Waals surface area contributed by atoms with Crippen molar-refractivity contribution in [3.63, 3.8) is 0 Å². The third-order valence-electron chi connectivity index (χ3n) is 5.27. The van der Waals surface area contributed by atoms with Crippen LogP contribution in [0.5, 0.6) is 5.75 Å². The number of hydrogen-bond acceptors (Lipinski definition) is 4. The van der Waals surface area contributed by atoms with Crippen molar-refractivity contribution < 1.29 is 9.53 Å². The van der Waals surface area contributed by atoms with Gasteiger partial charge in [0, 0.05) is 0 Å². The number of amides is 1. The fraction of sp³-hybridized carbons (Fsp3) is 0.421. The summed E-state index contributed by atoms with van der Waals surface area (Å²) in [5, 5.41) is 12.8. The molecule has 0 radical (unpaired) electrons. The highest BCUT2D eigenvalue weighted by atomic mass is 16.5. The highest BCUT2D eigenvalue weighted by Gasteiger charge is 2.50. The van der Waals surface area contributed by atoms with E-state index < -0.39 is 0 Å². The molecule has 1 aromatic rings. The van der Waals surface area contributed by atoms with E-state index in [0.29, 0.717) is 22.6 Å². The first-order valence-corrected chi connectivity index (χ1v) is 8.15. The number of hydrazone groups is 1. The van der Waals surface area contributed by atoms with Crippen LogP contribution in [-0.2, 0) is 4.79 Å². The van der Waals surface area contributed by atoms with Gasteiger partial charge in [-0.05, 0) is 59.9 Å². The van der Waals surface area contributed by atoms with E-state index in [1.54, 1.807) is 30.5 Å². The molecular weight excluding hydrogens is 302 g/mol. The van der Waals surface area contributed by atoms with Gasteiger partial charge >= 0.3 is 0 Å². The average molecular weight is 323 g/mol. The van der Waals surface area contributed by atoms with E-state index in [9.17, 15) is 4.79 Å². The number of carbonyl (C=O) groups is 1. The molecule has 2 atom stereocenters. The minimum Gasteiger partial charge on any atom is -0.484 e. The summed E-state index contributed by atoms with van der Waals surface area (Å²) < 4.78 is 5.36. The number of ether oxygens (including phenoxy) is 1. The molecule has 24 heavy (non-hydrogen) atoms. The monoisotopic (exact) mass is 323 g/mol. The fourth-order valence-electron chi connectivity index (χ4n) is 3.53. The number of nitriles is 1. The van der Waals surface area contributed by atoms with Crippen molar-refractivity contribution in [3.8, 4) is 11.8 Å². The summed E-state index contributed by atoms with van der Waals surface area (Å²) >= 11 is 0. The molecule has 1 amide bonds. The summed E-state index contributed by atoms with van der Waals surface area (Å²) in [4.78, 5) is 11.8. The Bertz CT molecular complexity index is 726. The molecule has 0 heterocycles. The molecule has 3 aliphatic carbocycles. The molecule has 1 aromatic carbocycles. The molecule has 4 rings (SSSR count). The highest BCUT2D eigenvalue weighted by Crippen LogP contribution is 2.58. The van der Waals surface area contributed by atoms with E-state index in [-0.39, 0.29) is 12.5 Å². The van der Waals surface area contributed by atoms with Gasteiger partial charge in [0.05, 0.1) is 17.8 Å². The van der Waals surface area contributed by atoms with Crippen LogP contribution in [0.2, 0.25) is 0 Å². The van der Waals surface area contributed by atoms with Crippen LogP contribution in [0.1, 0.15) is 32.3 Å². The summed E-state index contributed by atoms with van der Waals surface area (Å²) in [5.74, 6) is 1.57. The maximum absolute atomic E-state index is 11.8. The lowest BCUT2D eigenvalue weighted by Gasteiger charge is -2.55. The number of allylic oxidation sites excluding steroid dienone is 2. The molecule has 2 unspecified atom stereocenters. The summed E-state index contributed by atoms with van der Waals surface area (Å²) in [7, 11) is 0. The Morgan fingerprint density at radius 3 is 2.83 bits per heavy atom. The van der Waals surface area contributed by atoms with Crippen LogP contribution < -0.4 is 10.2 Å². The van der Waals surface area contributed by atoms with Crippen molar-refractivity contribution in [3.05, 3.63) is 41.5 Å².